The number of aliphatic hydroxyl groups excluding tert-OH is 1. The second-order valence-corrected chi connectivity index (χ2v) is 5.73. The lowest BCUT2D eigenvalue weighted by molar-refractivity contribution is 0.173. The van der Waals surface area contributed by atoms with Gasteiger partial charge >= 0.3 is 0 Å². The Balaban J connectivity index is 2.56. The van der Waals surface area contributed by atoms with E-state index in [1.54, 1.807) is 7.05 Å². The number of hydrogen-bond donors (Lipinski definition) is 3. The fraction of sp³-hybridized carbons (Fsp3) is 0.571. The molecule has 100 valence electrons. The van der Waals surface area contributed by atoms with E-state index in [0.717, 1.165) is 22.9 Å². The summed E-state index contributed by atoms with van der Waals surface area (Å²) in [5, 5.41) is 23.4. The first-order valence-corrected chi connectivity index (χ1v) is 7.22. The predicted molar refractivity (Wildman–Crippen MR) is 76.1 cm³/mol. The van der Waals surface area contributed by atoms with Crippen LogP contribution in [0.5, 0.6) is 5.75 Å². The lowest BCUT2D eigenvalue weighted by Crippen LogP contribution is -2.19. The molecule has 0 radical (unpaired) electrons. The zero-order chi connectivity index (χ0) is 13.3. The number of aliphatic hydroxyl groups is 1. The van der Waals surface area contributed by atoms with E-state index in [1.165, 1.54) is 24.0 Å². The van der Waals surface area contributed by atoms with Gasteiger partial charge in [0.1, 0.15) is 5.75 Å². The molecule has 0 amide bonds. The number of phenolic OH excluding ortho intramolecular Hbond substituents is 1. The summed E-state index contributed by atoms with van der Waals surface area (Å²) in [7, 11) is 1.79. The third kappa shape index (κ3) is 2.29. The smallest absolute Gasteiger partial charge is 0.136 e. The summed E-state index contributed by atoms with van der Waals surface area (Å²) in [4.78, 5) is 0. The molecule has 3 N–H and O–H groups in total. The van der Waals surface area contributed by atoms with Gasteiger partial charge in [0.25, 0.3) is 0 Å². The Morgan fingerprint density at radius 3 is 2.50 bits per heavy atom. The highest BCUT2D eigenvalue weighted by atomic mass is 79.9. The molecule has 1 aromatic carbocycles. The first-order valence-electron chi connectivity index (χ1n) is 6.43. The summed E-state index contributed by atoms with van der Waals surface area (Å²) in [6, 6.07) is 0. The highest BCUT2D eigenvalue weighted by molar-refractivity contribution is 9.10. The summed E-state index contributed by atoms with van der Waals surface area (Å²) >= 11 is 3.49. The Bertz CT molecular complexity index is 460. The van der Waals surface area contributed by atoms with Crippen molar-refractivity contribution in [2.45, 2.75) is 38.7 Å². The number of hydrogen-bond acceptors (Lipinski definition) is 3. The highest BCUT2D eigenvalue weighted by Gasteiger charge is 2.25. The van der Waals surface area contributed by atoms with Crippen LogP contribution in [-0.2, 0) is 12.8 Å². The number of halogens is 1. The van der Waals surface area contributed by atoms with E-state index in [0.29, 0.717) is 12.1 Å². The van der Waals surface area contributed by atoms with Gasteiger partial charge in [-0.15, -0.1) is 0 Å². The zero-order valence-electron chi connectivity index (χ0n) is 10.9. The highest BCUT2D eigenvalue weighted by Crippen LogP contribution is 2.42. The molecule has 1 aliphatic carbocycles. The standard InChI is InChI=1S/C14H20BrNO2/c1-8-9-5-3-4-6-10(9)13(15)14(18)12(8)11(17)7-16-2/h11,16-18H,3-7H2,1-2H3. The number of likely N-dealkylation sites (N-methyl/N-ethyl adjacent to an activating group) is 1. The van der Waals surface area contributed by atoms with Crippen molar-refractivity contribution in [3.8, 4) is 5.75 Å². The molecule has 0 saturated carbocycles. The SMILES string of the molecule is CNCC(O)c1c(C)c2c(c(Br)c1O)CCCC2. The number of nitrogens with one attached hydrogen (secondary N) is 1. The summed E-state index contributed by atoms with van der Waals surface area (Å²) in [5.41, 5.74) is 4.23. The number of fused-ring (bicyclic) bond motifs is 1. The molecule has 1 aliphatic rings. The first kappa shape index (κ1) is 13.8. The van der Waals surface area contributed by atoms with Crippen LogP contribution in [0.25, 0.3) is 0 Å². The summed E-state index contributed by atoms with van der Waals surface area (Å²) in [6.07, 6.45) is 3.74. The molecule has 0 fully saturated rings. The Morgan fingerprint density at radius 1 is 1.28 bits per heavy atom. The second kappa shape index (κ2) is 5.59. The van der Waals surface area contributed by atoms with Crippen LogP contribution < -0.4 is 5.32 Å². The molecule has 0 saturated heterocycles. The van der Waals surface area contributed by atoms with E-state index in [9.17, 15) is 10.2 Å². The average Bonchev–Trinajstić information content (AvgIpc) is 2.37. The third-order valence-corrected chi connectivity index (χ3v) is 4.64. The molecule has 1 atom stereocenters. The number of rotatable bonds is 3. The van der Waals surface area contributed by atoms with E-state index in [4.69, 9.17) is 0 Å². The van der Waals surface area contributed by atoms with E-state index in [1.807, 2.05) is 6.92 Å². The van der Waals surface area contributed by atoms with Gasteiger partial charge in [0, 0.05) is 12.1 Å². The van der Waals surface area contributed by atoms with Crippen molar-refractivity contribution in [2.24, 2.45) is 0 Å². The van der Waals surface area contributed by atoms with Gasteiger partial charge < -0.3 is 15.5 Å². The van der Waals surface area contributed by atoms with Crippen LogP contribution in [0.4, 0.5) is 0 Å². The molecule has 0 bridgehead atoms. The maximum absolute atomic E-state index is 10.3. The van der Waals surface area contributed by atoms with Gasteiger partial charge in [-0.1, -0.05) is 0 Å². The maximum atomic E-state index is 10.3. The fourth-order valence-corrected chi connectivity index (χ4v) is 3.52. The number of phenols is 1. The first-order chi connectivity index (χ1) is 8.57. The van der Waals surface area contributed by atoms with E-state index in [-0.39, 0.29) is 5.75 Å². The lowest BCUT2D eigenvalue weighted by Gasteiger charge is -2.25. The van der Waals surface area contributed by atoms with Crippen molar-refractivity contribution < 1.29 is 10.2 Å². The molecule has 1 unspecified atom stereocenters. The van der Waals surface area contributed by atoms with Gasteiger partial charge in [-0.3, -0.25) is 0 Å². The minimum Gasteiger partial charge on any atom is -0.506 e. The van der Waals surface area contributed by atoms with Crippen LogP contribution in [0.1, 0.15) is 41.2 Å². The van der Waals surface area contributed by atoms with E-state index < -0.39 is 6.10 Å². The predicted octanol–water partition coefficient (Wildman–Crippen LogP) is 2.59. The third-order valence-electron chi connectivity index (χ3n) is 3.78. The minimum atomic E-state index is -0.668. The molecule has 3 nitrogen and oxygen atoms in total. The van der Waals surface area contributed by atoms with Gasteiger partial charge in [-0.25, -0.2) is 0 Å². The zero-order valence-corrected chi connectivity index (χ0v) is 12.5. The Kier molecular flexibility index (Phi) is 4.30. The molecular weight excluding hydrogens is 294 g/mol. The van der Waals surface area contributed by atoms with Gasteiger partial charge in [0.2, 0.25) is 0 Å². The van der Waals surface area contributed by atoms with Gasteiger partial charge in [0.05, 0.1) is 10.6 Å². The molecule has 0 aromatic heterocycles. The fourth-order valence-electron chi connectivity index (χ4n) is 2.87. The molecule has 1 aromatic rings. The molecule has 18 heavy (non-hydrogen) atoms. The maximum Gasteiger partial charge on any atom is 0.136 e. The van der Waals surface area contributed by atoms with Crippen LogP contribution in [0.3, 0.4) is 0 Å². The van der Waals surface area contributed by atoms with Crippen molar-refractivity contribution in [3.05, 3.63) is 26.7 Å². The van der Waals surface area contributed by atoms with Crippen molar-refractivity contribution in [1.29, 1.82) is 0 Å². The van der Waals surface area contributed by atoms with Crippen molar-refractivity contribution >= 4 is 15.9 Å². The van der Waals surface area contributed by atoms with Crippen molar-refractivity contribution in [2.75, 3.05) is 13.6 Å². The molecule has 2 rings (SSSR count). The van der Waals surface area contributed by atoms with E-state index >= 15 is 0 Å². The lowest BCUT2D eigenvalue weighted by atomic mass is 9.84. The Labute approximate surface area is 116 Å². The topological polar surface area (TPSA) is 52.5 Å². The average molecular weight is 314 g/mol. The van der Waals surface area contributed by atoms with E-state index in [2.05, 4.69) is 21.2 Å². The molecule has 0 heterocycles. The van der Waals surface area contributed by atoms with Crippen LogP contribution in [-0.4, -0.2) is 23.8 Å². The van der Waals surface area contributed by atoms with Crippen LogP contribution in [0.2, 0.25) is 0 Å². The molecular formula is C14H20BrNO2. The second-order valence-electron chi connectivity index (χ2n) is 4.94. The number of aromatic hydroxyl groups is 1. The molecule has 0 aliphatic heterocycles. The van der Waals surface area contributed by atoms with Crippen LogP contribution >= 0.6 is 15.9 Å². The van der Waals surface area contributed by atoms with Gasteiger partial charge in [0.15, 0.2) is 0 Å². The van der Waals surface area contributed by atoms with Gasteiger partial charge in [-0.2, -0.15) is 0 Å². The summed E-state index contributed by atoms with van der Waals surface area (Å²) in [5.74, 6) is 0.205. The summed E-state index contributed by atoms with van der Waals surface area (Å²) in [6.45, 7) is 2.45. The Hall–Kier alpha value is -0.580. The monoisotopic (exact) mass is 313 g/mol. The van der Waals surface area contributed by atoms with Crippen molar-refractivity contribution in [3.63, 3.8) is 0 Å². The molecule has 0 spiro atoms. The Morgan fingerprint density at radius 2 is 1.89 bits per heavy atom. The van der Waals surface area contributed by atoms with Crippen LogP contribution in [0, 0.1) is 6.92 Å². The summed E-state index contributed by atoms with van der Waals surface area (Å²) < 4.78 is 0.771. The normalized spacial score (nSPS) is 16.4. The molecule has 4 heteroatoms. The van der Waals surface area contributed by atoms with Crippen LogP contribution in [0.15, 0.2) is 4.47 Å². The largest absolute Gasteiger partial charge is 0.506 e. The van der Waals surface area contributed by atoms with Crippen molar-refractivity contribution in [1.82, 2.24) is 5.32 Å². The quantitative estimate of drug-likeness (QED) is 0.804. The number of benzene rings is 1. The van der Waals surface area contributed by atoms with Gasteiger partial charge in [-0.05, 0) is 72.3 Å². The minimum absolute atomic E-state index is 0.205.